The molecule has 2 rings (SSSR count). The molecule has 1 heterocycles. The normalized spacial score (nSPS) is 10.9. The molecule has 100 valence electrons. The molecule has 0 aliphatic carbocycles. The van der Waals surface area contributed by atoms with Crippen LogP contribution in [0.1, 0.15) is 16.7 Å². The number of hydrogen-bond acceptors (Lipinski definition) is 3. The summed E-state index contributed by atoms with van der Waals surface area (Å²) < 4.78 is 18.3. The van der Waals surface area contributed by atoms with E-state index < -0.39 is 0 Å². The van der Waals surface area contributed by atoms with Gasteiger partial charge in [0.1, 0.15) is 10.8 Å². The van der Waals surface area contributed by atoms with E-state index in [-0.39, 0.29) is 10.8 Å². The van der Waals surface area contributed by atoms with Gasteiger partial charge in [0.05, 0.1) is 12.5 Å². The van der Waals surface area contributed by atoms with Crippen molar-refractivity contribution in [3.05, 3.63) is 59.3 Å². The fourth-order valence-electron chi connectivity index (χ4n) is 1.97. The number of thiocarbonyl (C=S) groups is 1. The number of benzene rings is 1. The molecule has 0 aliphatic rings. The first-order valence-corrected chi connectivity index (χ1v) is 6.25. The van der Waals surface area contributed by atoms with Crippen LogP contribution in [0.2, 0.25) is 0 Å². The Bertz CT molecular complexity index is 569. The first kappa shape index (κ1) is 13.7. The molecular weight excluding hydrogens is 263 g/mol. The fraction of sp³-hybridized carbons (Fsp3) is 0.214. The first-order chi connectivity index (χ1) is 9.06. The molecular formula is C14H15FN2OS. The summed E-state index contributed by atoms with van der Waals surface area (Å²) in [6, 6.07) is 6.36. The zero-order chi connectivity index (χ0) is 13.8. The Balaban J connectivity index is 2.13. The molecule has 0 saturated carbocycles. The number of hydrogen-bond donors (Lipinski definition) is 1. The molecule has 0 amide bonds. The Morgan fingerprint density at radius 2 is 2.16 bits per heavy atom. The summed E-state index contributed by atoms with van der Waals surface area (Å²) in [7, 11) is 1.95. The monoisotopic (exact) mass is 278 g/mol. The molecule has 0 unspecified atom stereocenters. The van der Waals surface area contributed by atoms with E-state index in [1.807, 2.05) is 18.0 Å². The maximum absolute atomic E-state index is 13.3. The number of halogens is 1. The fourth-order valence-corrected chi connectivity index (χ4v) is 2.17. The summed E-state index contributed by atoms with van der Waals surface area (Å²) in [6.45, 7) is 1.28. The summed E-state index contributed by atoms with van der Waals surface area (Å²) in [6.07, 6.45) is 3.32. The van der Waals surface area contributed by atoms with Gasteiger partial charge in [0.25, 0.3) is 0 Å². The Labute approximate surface area is 116 Å². The van der Waals surface area contributed by atoms with Gasteiger partial charge in [-0.1, -0.05) is 12.2 Å². The van der Waals surface area contributed by atoms with Gasteiger partial charge in [-0.15, -0.1) is 0 Å². The molecule has 1 aromatic heterocycles. The molecule has 0 fully saturated rings. The van der Waals surface area contributed by atoms with Crippen molar-refractivity contribution >= 4 is 17.2 Å². The number of nitrogens with zero attached hydrogens (tertiary/aromatic N) is 1. The predicted molar refractivity (Wildman–Crippen MR) is 76.2 cm³/mol. The third-order valence-corrected chi connectivity index (χ3v) is 3.03. The van der Waals surface area contributed by atoms with E-state index in [1.54, 1.807) is 18.6 Å². The molecule has 0 saturated heterocycles. The van der Waals surface area contributed by atoms with Gasteiger partial charge in [0.15, 0.2) is 0 Å². The zero-order valence-electron chi connectivity index (χ0n) is 10.6. The van der Waals surface area contributed by atoms with Crippen LogP contribution in [0, 0.1) is 5.82 Å². The van der Waals surface area contributed by atoms with Crippen LogP contribution in [0.5, 0.6) is 0 Å². The Morgan fingerprint density at radius 3 is 2.79 bits per heavy atom. The topological polar surface area (TPSA) is 42.4 Å². The summed E-state index contributed by atoms with van der Waals surface area (Å²) in [5, 5.41) is 0. The second-order valence-electron chi connectivity index (χ2n) is 4.47. The minimum Gasteiger partial charge on any atom is -0.472 e. The van der Waals surface area contributed by atoms with Crippen LogP contribution in [0.25, 0.3) is 0 Å². The Morgan fingerprint density at radius 1 is 1.37 bits per heavy atom. The van der Waals surface area contributed by atoms with Crippen molar-refractivity contribution in [1.82, 2.24) is 4.90 Å². The van der Waals surface area contributed by atoms with Gasteiger partial charge < -0.3 is 10.2 Å². The lowest BCUT2D eigenvalue weighted by molar-refractivity contribution is 0.317. The number of furan rings is 1. The van der Waals surface area contributed by atoms with Crippen LogP contribution in [-0.2, 0) is 13.1 Å². The second kappa shape index (κ2) is 5.95. The van der Waals surface area contributed by atoms with Crippen LogP contribution >= 0.6 is 12.2 Å². The molecule has 1 aromatic carbocycles. The molecule has 0 aliphatic heterocycles. The van der Waals surface area contributed by atoms with Gasteiger partial charge in [0.2, 0.25) is 0 Å². The minimum absolute atomic E-state index is 0.284. The number of rotatable bonds is 5. The minimum atomic E-state index is -0.285. The molecule has 0 atom stereocenters. The van der Waals surface area contributed by atoms with Crippen LogP contribution < -0.4 is 5.73 Å². The van der Waals surface area contributed by atoms with E-state index in [0.29, 0.717) is 13.1 Å². The van der Waals surface area contributed by atoms with Gasteiger partial charge in [-0.05, 0) is 36.9 Å². The quantitative estimate of drug-likeness (QED) is 0.854. The maximum atomic E-state index is 13.3. The standard InChI is InChI=1S/C14H15FN2OS/c1-17(7-10-4-5-18-9-10)8-11-6-12(15)2-3-13(11)14(16)19/h2-6,9H,7-8H2,1H3,(H2,16,19). The highest BCUT2D eigenvalue weighted by atomic mass is 32.1. The van der Waals surface area contributed by atoms with Crippen molar-refractivity contribution < 1.29 is 8.81 Å². The average molecular weight is 278 g/mol. The largest absolute Gasteiger partial charge is 0.472 e. The molecule has 2 N–H and O–H groups in total. The van der Waals surface area contributed by atoms with Crippen molar-refractivity contribution in [3.8, 4) is 0 Å². The van der Waals surface area contributed by atoms with E-state index in [0.717, 1.165) is 16.7 Å². The third kappa shape index (κ3) is 3.62. The Kier molecular flexibility index (Phi) is 4.29. The second-order valence-corrected chi connectivity index (χ2v) is 4.91. The maximum Gasteiger partial charge on any atom is 0.123 e. The van der Waals surface area contributed by atoms with Gasteiger partial charge in [-0.3, -0.25) is 4.90 Å². The van der Waals surface area contributed by atoms with E-state index in [1.165, 1.54) is 12.1 Å². The van der Waals surface area contributed by atoms with Gasteiger partial charge >= 0.3 is 0 Å². The molecule has 19 heavy (non-hydrogen) atoms. The van der Waals surface area contributed by atoms with Gasteiger partial charge in [-0.25, -0.2) is 4.39 Å². The lowest BCUT2D eigenvalue weighted by Gasteiger charge is -2.18. The molecule has 3 nitrogen and oxygen atoms in total. The highest BCUT2D eigenvalue weighted by molar-refractivity contribution is 7.80. The van der Waals surface area contributed by atoms with Crippen molar-refractivity contribution in [2.24, 2.45) is 5.73 Å². The van der Waals surface area contributed by atoms with Crippen molar-refractivity contribution in [1.29, 1.82) is 0 Å². The molecule has 5 heteroatoms. The SMILES string of the molecule is CN(Cc1ccoc1)Cc1cc(F)ccc1C(N)=S. The van der Waals surface area contributed by atoms with Crippen molar-refractivity contribution in [3.63, 3.8) is 0 Å². The molecule has 0 bridgehead atoms. The first-order valence-electron chi connectivity index (χ1n) is 5.84. The highest BCUT2D eigenvalue weighted by Crippen LogP contribution is 2.15. The predicted octanol–water partition coefficient (Wildman–Crippen LogP) is 2.68. The summed E-state index contributed by atoms with van der Waals surface area (Å²) in [4.78, 5) is 2.33. The average Bonchev–Trinajstić information content (AvgIpc) is 2.81. The van der Waals surface area contributed by atoms with E-state index in [2.05, 4.69) is 0 Å². The van der Waals surface area contributed by atoms with Crippen LogP contribution in [0.15, 0.2) is 41.2 Å². The summed E-state index contributed by atoms with van der Waals surface area (Å²) in [5.74, 6) is -0.285. The van der Waals surface area contributed by atoms with Crippen LogP contribution in [-0.4, -0.2) is 16.9 Å². The lowest BCUT2D eigenvalue weighted by atomic mass is 10.1. The molecule has 2 aromatic rings. The van der Waals surface area contributed by atoms with Crippen molar-refractivity contribution in [2.75, 3.05) is 7.05 Å². The summed E-state index contributed by atoms with van der Waals surface area (Å²) >= 11 is 4.98. The van der Waals surface area contributed by atoms with E-state index in [9.17, 15) is 4.39 Å². The number of nitrogens with two attached hydrogens (primary N) is 1. The van der Waals surface area contributed by atoms with E-state index >= 15 is 0 Å². The van der Waals surface area contributed by atoms with Crippen LogP contribution in [0.3, 0.4) is 0 Å². The third-order valence-electron chi connectivity index (χ3n) is 2.81. The summed E-state index contributed by atoms with van der Waals surface area (Å²) in [5.41, 5.74) is 8.23. The molecule has 0 radical (unpaired) electrons. The zero-order valence-corrected chi connectivity index (χ0v) is 11.4. The van der Waals surface area contributed by atoms with E-state index in [4.69, 9.17) is 22.4 Å². The smallest absolute Gasteiger partial charge is 0.123 e. The van der Waals surface area contributed by atoms with Crippen molar-refractivity contribution in [2.45, 2.75) is 13.1 Å². The molecule has 0 spiro atoms. The van der Waals surface area contributed by atoms with Gasteiger partial charge in [-0.2, -0.15) is 0 Å². The van der Waals surface area contributed by atoms with Gasteiger partial charge in [0, 0.05) is 24.2 Å². The lowest BCUT2D eigenvalue weighted by Crippen LogP contribution is -2.20. The Hall–Kier alpha value is -1.72. The highest BCUT2D eigenvalue weighted by Gasteiger charge is 2.10. The van der Waals surface area contributed by atoms with Crippen LogP contribution in [0.4, 0.5) is 4.39 Å².